The number of H-pyrrole nitrogens is 1. The van der Waals surface area contributed by atoms with Crippen molar-refractivity contribution < 1.29 is 0 Å². The van der Waals surface area contributed by atoms with E-state index in [0.29, 0.717) is 0 Å². The molecule has 31 heavy (non-hydrogen) atoms. The van der Waals surface area contributed by atoms with Crippen LogP contribution in [-0.4, -0.2) is 53.6 Å². The van der Waals surface area contributed by atoms with Crippen molar-refractivity contribution in [2.45, 2.75) is 31.2 Å². The summed E-state index contributed by atoms with van der Waals surface area (Å²) in [6, 6.07) is 19.9. The van der Waals surface area contributed by atoms with Crippen LogP contribution >= 0.6 is 11.8 Å². The first-order valence-electron chi connectivity index (χ1n) is 11.5. The average molecular weight is 432 g/mol. The lowest BCUT2D eigenvalue weighted by molar-refractivity contribution is 0.138. The van der Waals surface area contributed by atoms with E-state index in [1.807, 2.05) is 0 Å². The van der Waals surface area contributed by atoms with Gasteiger partial charge in [-0.05, 0) is 62.5 Å². The van der Waals surface area contributed by atoms with E-state index in [-0.39, 0.29) is 5.54 Å². The first kappa shape index (κ1) is 20.9. The molecule has 1 N–H and O–H groups in total. The lowest BCUT2D eigenvalue weighted by Gasteiger charge is -2.43. The summed E-state index contributed by atoms with van der Waals surface area (Å²) in [5.41, 5.74) is 7.18. The Morgan fingerprint density at radius 1 is 1.06 bits per heavy atom. The average Bonchev–Trinajstić information content (AvgIpc) is 3.46. The van der Waals surface area contributed by atoms with Crippen molar-refractivity contribution in [3.63, 3.8) is 0 Å². The molecular weight excluding hydrogens is 398 g/mol. The standard InChI is InChI=1S/C27H33N3S/c1-29(2)27(22-8-4-3-5-9-22)15-12-21(13-16-27)26-24(14-17-30-18-19-31-20-30)23-10-6-7-11-25(23)28-26/h3-12,28H,13-20H2,1-2H3. The Balaban J connectivity index is 1.47. The molecule has 1 saturated heterocycles. The minimum Gasteiger partial charge on any atom is -0.355 e. The van der Waals surface area contributed by atoms with E-state index in [0.717, 1.165) is 32.2 Å². The number of para-hydroxylation sites is 1. The molecule has 2 aliphatic rings. The molecule has 4 heteroatoms. The number of benzene rings is 2. The number of aromatic nitrogens is 1. The molecule has 5 rings (SSSR count). The van der Waals surface area contributed by atoms with E-state index in [9.17, 15) is 0 Å². The van der Waals surface area contributed by atoms with E-state index >= 15 is 0 Å². The van der Waals surface area contributed by atoms with Gasteiger partial charge in [-0.3, -0.25) is 9.80 Å². The van der Waals surface area contributed by atoms with Crippen molar-refractivity contribution in [1.82, 2.24) is 14.8 Å². The van der Waals surface area contributed by atoms with E-state index < -0.39 is 0 Å². The zero-order chi connectivity index (χ0) is 21.3. The molecular formula is C27H33N3S. The molecule has 3 aromatic rings. The molecule has 1 atom stereocenters. The lowest BCUT2D eigenvalue weighted by atomic mass is 9.75. The first-order chi connectivity index (χ1) is 15.2. The van der Waals surface area contributed by atoms with Crippen LogP contribution in [0.1, 0.15) is 36.1 Å². The van der Waals surface area contributed by atoms with Crippen LogP contribution in [0.3, 0.4) is 0 Å². The van der Waals surface area contributed by atoms with Crippen molar-refractivity contribution in [1.29, 1.82) is 0 Å². The highest BCUT2D eigenvalue weighted by Gasteiger charge is 2.36. The first-order valence-corrected chi connectivity index (χ1v) is 12.6. The summed E-state index contributed by atoms with van der Waals surface area (Å²) in [5, 5.41) is 1.40. The van der Waals surface area contributed by atoms with Gasteiger partial charge in [0.15, 0.2) is 0 Å². The van der Waals surface area contributed by atoms with Gasteiger partial charge < -0.3 is 4.98 Å². The predicted octanol–water partition coefficient (Wildman–Crippen LogP) is 5.74. The highest BCUT2D eigenvalue weighted by atomic mass is 32.2. The second-order valence-electron chi connectivity index (χ2n) is 9.16. The Hall–Kier alpha value is -2.01. The SMILES string of the molecule is CN(C)C1(c2ccccc2)CC=C(c2[nH]c3ccccc3c2CCN2CCSC2)CC1. The monoisotopic (exact) mass is 431 g/mol. The van der Waals surface area contributed by atoms with Crippen LogP contribution < -0.4 is 0 Å². The molecule has 1 aliphatic heterocycles. The minimum absolute atomic E-state index is 0.0870. The Morgan fingerprint density at radius 3 is 2.58 bits per heavy atom. The van der Waals surface area contributed by atoms with Crippen molar-refractivity contribution in [2.24, 2.45) is 0 Å². The molecule has 0 radical (unpaired) electrons. The summed E-state index contributed by atoms with van der Waals surface area (Å²) in [6.07, 6.45) is 6.93. The maximum atomic E-state index is 3.80. The summed E-state index contributed by atoms with van der Waals surface area (Å²) in [6.45, 7) is 2.38. The van der Waals surface area contributed by atoms with E-state index in [2.05, 4.69) is 101 Å². The van der Waals surface area contributed by atoms with Crippen LogP contribution in [0.5, 0.6) is 0 Å². The lowest BCUT2D eigenvalue weighted by Crippen LogP contribution is -2.42. The third-order valence-corrected chi connectivity index (χ3v) is 8.32. The normalized spacial score (nSPS) is 22.4. The van der Waals surface area contributed by atoms with E-state index in [1.165, 1.54) is 51.5 Å². The Kier molecular flexibility index (Phi) is 5.96. The second kappa shape index (κ2) is 8.85. The van der Waals surface area contributed by atoms with Gasteiger partial charge in [0, 0.05) is 46.9 Å². The van der Waals surface area contributed by atoms with Gasteiger partial charge in [-0.15, -0.1) is 11.8 Å². The molecule has 3 nitrogen and oxygen atoms in total. The largest absolute Gasteiger partial charge is 0.355 e. The summed E-state index contributed by atoms with van der Waals surface area (Å²) in [4.78, 5) is 8.82. The van der Waals surface area contributed by atoms with Gasteiger partial charge in [-0.2, -0.15) is 0 Å². The van der Waals surface area contributed by atoms with Crippen LogP contribution in [0.4, 0.5) is 0 Å². The number of nitrogens with one attached hydrogen (secondary N) is 1. The van der Waals surface area contributed by atoms with Gasteiger partial charge in [-0.25, -0.2) is 0 Å². The smallest absolute Gasteiger partial charge is 0.0492 e. The molecule has 0 amide bonds. The Morgan fingerprint density at radius 2 is 1.87 bits per heavy atom. The number of hydrogen-bond acceptors (Lipinski definition) is 3. The molecule has 0 bridgehead atoms. The fourth-order valence-electron chi connectivity index (χ4n) is 5.37. The predicted molar refractivity (Wildman–Crippen MR) is 135 cm³/mol. The topological polar surface area (TPSA) is 22.3 Å². The molecule has 1 aliphatic carbocycles. The van der Waals surface area contributed by atoms with Gasteiger partial charge in [0.25, 0.3) is 0 Å². The number of fused-ring (bicyclic) bond motifs is 1. The number of rotatable bonds is 6. The molecule has 1 unspecified atom stereocenters. The van der Waals surface area contributed by atoms with Gasteiger partial charge in [0.2, 0.25) is 0 Å². The highest BCUT2D eigenvalue weighted by Crippen LogP contribution is 2.43. The minimum atomic E-state index is 0.0870. The Bertz CT molecular complexity index is 1060. The third-order valence-electron chi connectivity index (χ3n) is 7.30. The molecule has 1 fully saturated rings. The van der Waals surface area contributed by atoms with Crippen molar-refractivity contribution in [3.8, 4) is 0 Å². The quantitative estimate of drug-likeness (QED) is 0.538. The summed E-state index contributed by atoms with van der Waals surface area (Å²) in [5.74, 6) is 2.46. The zero-order valence-electron chi connectivity index (χ0n) is 18.7. The number of allylic oxidation sites excluding steroid dienone is 1. The maximum Gasteiger partial charge on any atom is 0.0492 e. The molecule has 2 heterocycles. The summed E-state index contributed by atoms with van der Waals surface area (Å²) in [7, 11) is 4.46. The maximum absolute atomic E-state index is 3.80. The fourth-order valence-corrected chi connectivity index (χ4v) is 6.40. The number of thioether (sulfide) groups is 1. The van der Waals surface area contributed by atoms with E-state index in [4.69, 9.17) is 0 Å². The highest BCUT2D eigenvalue weighted by molar-refractivity contribution is 7.99. The summed E-state index contributed by atoms with van der Waals surface area (Å²) < 4.78 is 0. The van der Waals surface area contributed by atoms with Crippen molar-refractivity contribution in [3.05, 3.63) is 77.5 Å². The van der Waals surface area contributed by atoms with E-state index in [1.54, 1.807) is 0 Å². The van der Waals surface area contributed by atoms with Crippen LogP contribution in [0.25, 0.3) is 16.5 Å². The number of nitrogens with zero attached hydrogens (tertiary/aromatic N) is 2. The fraction of sp³-hybridized carbons (Fsp3) is 0.407. The van der Waals surface area contributed by atoms with Gasteiger partial charge in [-0.1, -0.05) is 54.6 Å². The number of aromatic amines is 1. The molecule has 2 aromatic carbocycles. The van der Waals surface area contributed by atoms with Crippen LogP contribution in [-0.2, 0) is 12.0 Å². The Labute approximate surface area is 190 Å². The molecule has 1 aromatic heterocycles. The van der Waals surface area contributed by atoms with Gasteiger partial charge in [0.05, 0.1) is 0 Å². The molecule has 0 saturated carbocycles. The third kappa shape index (κ3) is 3.97. The summed E-state index contributed by atoms with van der Waals surface area (Å²) >= 11 is 2.06. The van der Waals surface area contributed by atoms with Crippen molar-refractivity contribution in [2.75, 3.05) is 38.8 Å². The second-order valence-corrected chi connectivity index (χ2v) is 10.2. The van der Waals surface area contributed by atoms with Gasteiger partial charge in [0.1, 0.15) is 0 Å². The van der Waals surface area contributed by atoms with Gasteiger partial charge >= 0.3 is 0 Å². The van der Waals surface area contributed by atoms with Crippen LogP contribution in [0.15, 0.2) is 60.7 Å². The van der Waals surface area contributed by atoms with Crippen LogP contribution in [0.2, 0.25) is 0 Å². The van der Waals surface area contributed by atoms with Crippen molar-refractivity contribution >= 4 is 28.2 Å². The molecule has 162 valence electrons. The molecule has 0 spiro atoms. The zero-order valence-corrected chi connectivity index (χ0v) is 19.5. The number of hydrogen-bond donors (Lipinski definition) is 1. The van der Waals surface area contributed by atoms with Crippen LogP contribution in [0, 0.1) is 0 Å².